The summed E-state index contributed by atoms with van der Waals surface area (Å²) in [7, 11) is 0. The van der Waals surface area contributed by atoms with Crippen LogP contribution in [0.5, 0.6) is 0 Å². The summed E-state index contributed by atoms with van der Waals surface area (Å²) >= 11 is 0. The Labute approximate surface area is 219 Å². The number of carbonyl (C=O) groups is 3. The Bertz CT molecular complexity index is 1050. The molecule has 2 rings (SSSR count). The smallest absolute Gasteiger partial charge is 0.319 e. The molecule has 0 heterocycles. The summed E-state index contributed by atoms with van der Waals surface area (Å²) in [5.74, 6) is 0. The summed E-state index contributed by atoms with van der Waals surface area (Å²) in [6.07, 6.45) is 4.02. The lowest BCUT2D eigenvalue weighted by Gasteiger charge is -2.10. The highest BCUT2D eigenvalue weighted by molar-refractivity contribution is 5.89. The van der Waals surface area contributed by atoms with Crippen molar-refractivity contribution in [2.75, 3.05) is 36.8 Å². The summed E-state index contributed by atoms with van der Waals surface area (Å²) in [6.45, 7) is 1.96. The molecule has 13 heteroatoms. The third kappa shape index (κ3) is 12.6. The average molecular weight is 523 g/mol. The average Bonchev–Trinajstić information content (AvgIpc) is 2.92. The molecule has 0 saturated heterocycles. The summed E-state index contributed by atoms with van der Waals surface area (Å²) in [5.41, 5.74) is 2.85. The Morgan fingerprint density at radius 2 is 0.895 bits per heavy atom. The first-order chi connectivity index (χ1) is 18.5. The summed E-state index contributed by atoms with van der Waals surface area (Å²) < 4.78 is 0. The van der Waals surface area contributed by atoms with E-state index in [0.29, 0.717) is 50.4 Å². The molecule has 13 nitrogen and oxygen atoms in total. The molecule has 38 heavy (non-hydrogen) atoms. The quantitative estimate of drug-likeness (QED) is 0.126. The van der Waals surface area contributed by atoms with Crippen molar-refractivity contribution in [3.05, 3.63) is 59.7 Å². The number of rotatable bonds is 14. The predicted octanol–water partition coefficient (Wildman–Crippen LogP) is 2.38. The van der Waals surface area contributed by atoms with Crippen molar-refractivity contribution in [1.29, 1.82) is 0 Å². The first-order valence-electron chi connectivity index (χ1n) is 11.9. The van der Waals surface area contributed by atoms with Crippen molar-refractivity contribution in [3.63, 3.8) is 0 Å². The van der Waals surface area contributed by atoms with Crippen LogP contribution in [0.2, 0.25) is 0 Å². The molecule has 6 amide bonds. The van der Waals surface area contributed by atoms with Gasteiger partial charge in [0.25, 0.3) is 0 Å². The van der Waals surface area contributed by atoms with Gasteiger partial charge in [0.05, 0.1) is 13.1 Å². The lowest BCUT2D eigenvalue weighted by Crippen LogP contribution is -2.39. The predicted molar refractivity (Wildman–Crippen MR) is 141 cm³/mol. The van der Waals surface area contributed by atoms with Gasteiger partial charge in [-0.25, -0.2) is 34.0 Å². The number of amides is 6. The van der Waals surface area contributed by atoms with Crippen LogP contribution in [-0.4, -0.2) is 56.4 Å². The molecule has 2 aromatic rings. The number of isocyanates is 2. The number of aliphatic imine (C=N–C) groups is 2. The van der Waals surface area contributed by atoms with Crippen LogP contribution in [0, 0.1) is 0 Å². The standard InChI is InChI=1S/C25H30N8O5/c34-17-26-15-19-3-7-21(8-4-19)32-24(37)30-13-1-11-28-23(36)29-12-2-14-31-25(38)33-22-9-5-20(6-10-22)16-27-18-35/h3-10H,1-2,11-16H2,(H2,28,29,36)(H2,30,32,37)(H2,31,33,38). The highest BCUT2D eigenvalue weighted by Gasteiger charge is 2.04. The number of urea groups is 3. The number of hydrogen-bond acceptors (Lipinski definition) is 7. The molecule has 0 aromatic heterocycles. The van der Waals surface area contributed by atoms with Gasteiger partial charge in [0.1, 0.15) is 0 Å². The van der Waals surface area contributed by atoms with Crippen LogP contribution >= 0.6 is 0 Å². The molecule has 0 aliphatic heterocycles. The SMILES string of the molecule is O=C=NCc1ccc(NC(=O)NCCCNC(=O)NCCCNC(=O)Nc2ccc(CN=C=O)cc2)cc1. The van der Waals surface area contributed by atoms with E-state index in [2.05, 4.69) is 41.9 Å². The van der Waals surface area contributed by atoms with E-state index in [1.54, 1.807) is 48.5 Å². The molecule has 0 fully saturated rings. The topological polar surface area (TPSA) is 182 Å². The van der Waals surface area contributed by atoms with Crippen LogP contribution in [0.3, 0.4) is 0 Å². The van der Waals surface area contributed by atoms with Gasteiger partial charge in [-0.1, -0.05) is 24.3 Å². The maximum atomic E-state index is 11.9. The van der Waals surface area contributed by atoms with Crippen molar-refractivity contribution in [3.8, 4) is 0 Å². The molecule has 0 atom stereocenters. The minimum atomic E-state index is -0.369. The van der Waals surface area contributed by atoms with Gasteiger partial charge in [-0.2, -0.15) is 0 Å². The Balaban J connectivity index is 1.47. The number of benzene rings is 2. The first-order valence-corrected chi connectivity index (χ1v) is 11.9. The van der Waals surface area contributed by atoms with Crippen LogP contribution in [0.25, 0.3) is 0 Å². The highest BCUT2D eigenvalue weighted by Crippen LogP contribution is 2.11. The molecule has 0 spiro atoms. The van der Waals surface area contributed by atoms with Gasteiger partial charge in [0, 0.05) is 37.6 Å². The van der Waals surface area contributed by atoms with E-state index < -0.39 is 0 Å². The molecular formula is C25H30N8O5. The normalized spacial score (nSPS) is 9.68. The zero-order valence-electron chi connectivity index (χ0n) is 20.7. The van der Waals surface area contributed by atoms with Gasteiger partial charge in [-0.3, -0.25) is 0 Å². The maximum absolute atomic E-state index is 11.9. The molecular weight excluding hydrogens is 492 g/mol. The third-order valence-corrected chi connectivity index (χ3v) is 4.93. The summed E-state index contributed by atoms with van der Waals surface area (Å²) in [6, 6.07) is 12.7. The van der Waals surface area contributed by atoms with E-state index in [-0.39, 0.29) is 31.2 Å². The van der Waals surface area contributed by atoms with Crippen LogP contribution in [0.1, 0.15) is 24.0 Å². The number of nitrogens with zero attached hydrogens (tertiary/aromatic N) is 2. The third-order valence-electron chi connectivity index (χ3n) is 4.93. The number of nitrogens with one attached hydrogen (secondary N) is 6. The second-order valence-corrected chi connectivity index (χ2v) is 7.86. The monoisotopic (exact) mass is 522 g/mol. The van der Waals surface area contributed by atoms with Gasteiger partial charge in [-0.05, 0) is 48.2 Å². The lowest BCUT2D eigenvalue weighted by molar-refractivity contribution is 0.240. The molecule has 0 aliphatic carbocycles. The summed E-state index contributed by atoms with van der Waals surface area (Å²) in [5, 5.41) is 16.2. The van der Waals surface area contributed by atoms with E-state index in [1.165, 1.54) is 12.2 Å². The maximum Gasteiger partial charge on any atom is 0.319 e. The van der Waals surface area contributed by atoms with Crippen LogP contribution in [0.15, 0.2) is 58.5 Å². The molecule has 0 radical (unpaired) electrons. The van der Waals surface area contributed by atoms with E-state index in [1.807, 2.05) is 0 Å². The minimum absolute atomic E-state index is 0.239. The summed E-state index contributed by atoms with van der Waals surface area (Å²) in [4.78, 5) is 62.9. The molecule has 0 saturated carbocycles. The first kappa shape index (κ1) is 29.2. The fourth-order valence-corrected chi connectivity index (χ4v) is 3.03. The zero-order valence-corrected chi connectivity index (χ0v) is 20.7. The molecule has 0 unspecified atom stereocenters. The molecule has 6 N–H and O–H groups in total. The molecule has 0 bridgehead atoms. The van der Waals surface area contributed by atoms with Gasteiger partial charge in [0.15, 0.2) is 0 Å². The van der Waals surface area contributed by atoms with Crippen LogP contribution in [0.4, 0.5) is 25.8 Å². The largest absolute Gasteiger partial charge is 0.338 e. The van der Waals surface area contributed by atoms with Crippen LogP contribution in [-0.2, 0) is 22.7 Å². The van der Waals surface area contributed by atoms with E-state index >= 15 is 0 Å². The van der Waals surface area contributed by atoms with Gasteiger partial charge in [-0.15, -0.1) is 0 Å². The van der Waals surface area contributed by atoms with Gasteiger partial charge >= 0.3 is 18.1 Å². The van der Waals surface area contributed by atoms with Crippen molar-refractivity contribution >= 4 is 41.6 Å². The second kappa shape index (κ2) is 17.4. The van der Waals surface area contributed by atoms with Crippen molar-refractivity contribution < 1.29 is 24.0 Å². The van der Waals surface area contributed by atoms with E-state index in [0.717, 1.165) is 11.1 Å². The number of anilines is 2. The zero-order chi connectivity index (χ0) is 27.4. The van der Waals surface area contributed by atoms with Gasteiger partial charge < -0.3 is 31.9 Å². The van der Waals surface area contributed by atoms with Gasteiger partial charge in [0.2, 0.25) is 12.2 Å². The fraction of sp³-hybridized carbons (Fsp3) is 0.320. The Morgan fingerprint density at radius 1 is 0.553 bits per heavy atom. The fourth-order valence-electron chi connectivity index (χ4n) is 3.03. The van der Waals surface area contributed by atoms with Crippen LogP contribution < -0.4 is 31.9 Å². The lowest BCUT2D eigenvalue weighted by atomic mass is 10.2. The molecule has 200 valence electrons. The Kier molecular flexibility index (Phi) is 13.4. The van der Waals surface area contributed by atoms with Crippen molar-refractivity contribution in [1.82, 2.24) is 21.3 Å². The highest BCUT2D eigenvalue weighted by atomic mass is 16.2. The minimum Gasteiger partial charge on any atom is -0.338 e. The number of carbonyl (C=O) groups excluding carboxylic acids is 5. The van der Waals surface area contributed by atoms with Crippen molar-refractivity contribution in [2.24, 2.45) is 9.98 Å². The molecule has 2 aromatic carbocycles. The van der Waals surface area contributed by atoms with E-state index in [9.17, 15) is 24.0 Å². The second-order valence-electron chi connectivity index (χ2n) is 7.86. The number of hydrogen-bond donors (Lipinski definition) is 6. The Morgan fingerprint density at radius 3 is 1.24 bits per heavy atom. The molecule has 0 aliphatic rings. The van der Waals surface area contributed by atoms with Crippen molar-refractivity contribution in [2.45, 2.75) is 25.9 Å². The van der Waals surface area contributed by atoms with E-state index in [4.69, 9.17) is 0 Å². The Hall–Kier alpha value is -4.99.